The van der Waals surface area contributed by atoms with E-state index in [2.05, 4.69) is 20.9 Å². The number of ether oxygens (including phenoxy) is 1. The molecule has 0 radical (unpaired) electrons. The lowest BCUT2D eigenvalue weighted by Crippen LogP contribution is -2.41. The van der Waals surface area contributed by atoms with Crippen LogP contribution in [0, 0.1) is 5.82 Å². The highest BCUT2D eigenvalue weighted by molar-refractivity contribution is 14.0. The molecule has 0 saturated carbocycles. The lowest BCUT2D eigenvalue weighted by molar-refractivity contribution is 0.0956. The highest BCUT2D eigenvalue weighted by Crippen LogP contribution is 2.12. The van der Waals surface area contributed by atoms with E-state index in [1.165, 1.54) is 12.1 Å². The molecule has 6 nitrogen and oxygen atoms in total. The zero-order chi connectivity index (χ0) is 21.1. The fourth-order valence-corrected chi connectivity index (χ4v) is 2.56. The molecule has 1 atom stereocenters. The van der Waals surface area contributed by atoms with Gasteiger partial charge in [0.2, 0.25) is 0 Å². The average molecular weight is 528 g/mol. The third kappa shape index (κ3) is 8.98. The van der Waals surface area contributed by atoms with Gasteiger partial charge in [-0.15, -0.1) is 24.0 Å². The Balaban J connectivity index is 0.00000450. The maximum atomic E-state index is 13.0. The second kappa shape index (κ2) is 13.8. The first kappa shape index (κ1) is 25.7. The Morgan fingerprint density at radius 1 is 1.00 bits per heavy atom. The molecule has 1 amide bonds. The van der Waals surface area contributed by atoms with Crippen LogP contribution in [0.3, 0.4) is 0 Å². The summed E-state index contributed by atoms with van der Waals surface area (Å²) in [5.41, 5.74) is 1.64. The highest BCUT2D eigenvalue weighted by Gasteiger charge is 2.07. The van der Waals surface area contributed by atoms with Gasteiger partial charge in [0.15, 0.2) is 5.96 Å². The van der Waals surface area contributed by atoms with E-state index < -0.39 is 0 Å². The summed E-state index contributed by atoms with van der Waals surface area (Å²) in [7, 11) is 0. The van der Waals surface area contributed by atoms with E-state index in [4.69, 9.17) is 4.74 Å². The van der Waals surface area contributed by atoms with Gasteiger partial charge in [0.1, 0.15) is 17.7 Å². The van der Waals surface area contributed by atoms with Crippen LogP contribution in [0.25, 0.3) is 0 Å². The molecule has 0 aliphatic carbocycles. The first-order valence-electron chi connectivity index (χ1n) is 9.83. The summed E-state index contributed by atoms with van der Waals surface area (Å²) in [6.45, 7) is 8.18. The predicted octanol–water partition coefficient (Wildman–Crippen LogP) is 3.72. The normalized spacial score (nSPS) is 11.8. The molecule has 0 aromatic heterocycles. The number of rotatable bonds is 9. The average Bonchev–Trinajstić information content (AvgIpc) is 2.72. The van der Waals surface area contributed by atoms with Crippen molar-refractivity contribution in [1.29, 1.82) is 0 Å². The van der Waals surface area contributed by atoms with Crippen molar-refractivity contribution in [2.24, 2.45) is 4.99 Å². The lowest BCUT2D eigenvalue weighted by Gasteiger charge is -2.17. The molecule has 2 aromatic rings. The number of halogens is 2. The minimum Gasteiger partial charge on any atom is -0.489 e. The predicted molar refractivity (Wildman–Crippen MR) is 129 cm³/mol. The number of benzene rings is 2. The van der Waals surface area contributed by atoms with Gasteiger partial charge in [0, 0.05) is 18.7 Å². The van der Waals surface area contributed by atoms with Crippen LogP contribution in [0.15, 0.2) is 53.5 Å². The Morgan fingerprint density at radius 2 is 1.63 bits per heavy atom. The Bertz CT molecular complexity index is 798. The summed E-state index contributed by atoms with van der Waals surface area (Å²) in [6, 6.07) is 13.4. The van der Waals surface area contributed by atoms with Crippen LogP contribution in [0.1, 0.15) is 36.7 Å². The SMILES string of the molecule is CCNC(=O)c1ccc(CN=C(NCC)NCC(C)Oc2ccc(F)cc2)cc1.I. The van der Waals surface area contributed by atoms with Crippen LogP contribution in [0.5, 0.6) is 5.75 Å². The Labute approximate surface area is 194 Å². The quantitative estimate of drug-likeness (QED) is 0.264. The molecule has 3 N–H and O–H groups in total. The van der Waals surface area contributed by atoms with Crippen molar-refractivity contribution in [1.82, 2.24) is 16.0 Å². The number of nitrogens with one attached hydrogen (secondary N) is 3. The van der Waals surface area contributed by atoms with E-state index in [0.717, 1.165) is 12.1 Å². The molecule has 1 unspecified atom stereocenters. The maximum absolute atomic E-state index is 13.0. The lowest BCUT2D eigenvalue weighted by atomic mass is 10.1. The van der Waals surface area contributed by atoms with Crippen LogP contribution < -0.4 is 20.7 Å². The molecule has 30 heavy (non-hydrogen) atoms. The van der Waals surface area contributed by atoms with Gasteiger partial charge in [0.05, 0.1) is 13.1 Å². The van der Waals surface area contributed by atoms with Gasteiger partial charge in [-0.2, -0.15) is 0 Å². The van der Waals surface area contributed by atoms with Gasteiger partial charge in [-0.25, -0.2) is 9.38 Å². The summed E-state index contributed by atoms with van der Waals surface area (Å²) in [5.74, 6) is 0.932. The topological polar surface area (TPSA) is 74.8 Å². The smallest absolute Gasteiger partial charge is 0.251 e. The van der Waals surface area contributed by atoms with E-state index in [1.807, 2.05) is 32.9 Å². The van der Waals surface area contributed by atoms with Gasteiger partial charge in [-0.3, -0.25) is 4.79 Å². The molecule has 0 aliphatic rings. The molecule has 164 valence electrons. The number of aliphatic imine (C=N–C) groups is 1. The van der Waals surface area contributed by atoms with Gasteiger partial charge < -0.3 is 20.7 Å². The van der Waals surface area contributed by atoms with E-state index in [-0.39, 0.29) is 41.8 Å². The van der Waals surface area contributed by atoms with Crippen LogP contribution >= 0.6 is 24.0 Å². The number of nitrogens with zero attached hydrogens (tertiary/aromatic N) is 1. The number of hydrogen-bond acceptors (Lipinski definition) is 3. The Hall–Kier alpha value is -2.36. The van der Waals surface area contributed by atoms with E-state index in [9.17, 15) is 9.18 Å². The molecule has 0 heterocycles. The molecular weight excluding hydrogens is 498 g/mol. The van der Waals surface area contributed by atoms with Crippen molar-refractivity contribution in [3.05, 3.63) is 65.5 Å². The Kier molecular flexibility index (Phi) is 11.8. The third-order valence-corrected chi connectivity index (χ3v) is 4.03. The number of carbonyl (C=O) groups excluding carboxylic acids is 1. The summed E-state index contributed by atoms with van der Waals surface area (Å²) < 4.78 is 18.7. The maximum Gasteiger partial charge on any atom is 0.251 e. The van der Waals surface area contributed by atoms with Crippen LogP contribution in [-0.4, -0.2) is 37.6 Å². The van der Waals surface area contributed by atoms with Gasteiger partial charge in [-0.1, -0.05) is 12.1 Å². The standard InChI is InChI=1S/C22H29FN4O2.HI/c1-4-24-21(28)18-8-6-17(7-9-18)15-27-22(25-5-2)26-14-16(3)29-20-12-10-19(23)11-13-20;/h6-13,16H,4-5,14-15H2,1-3H3,(H,24,28)(H2,25,26,27);1H. The minimum absolute atomic E-state index is 0. The van der Waals surface area contributed by atoms with Crippen LogP contribution in [0.2, 0.25) is 0 Å². The first-order valence-corrected chi connectivity index (χ1v) is 9.83. The van der Waals surface area contributed by atoms with Crippen LogP contribution in [-0.2, 0) is 6.54 Å². The van der Waals surface area contributed by atoms with Gasteiger partial charge in [0.25, 0.3) is 5.91 Å². The number of hydrogen-bond donors (Lipinski definition) is 3. The molecule has 0 fully saturated rings. The van der Waals surface area contributed by atoms with Crippen molar-refractivity contribution >= 4 is 35.8 Å². The summed E-state index contributed by atoms with van der Waals surface area (Å²) in [4.78, 5) is 16.4. The fraction of sp³-hybridized carbons (Fsp3) is 0.364. The van der Waals surface area contributed by atoms with Crippen molar-refractivity contribution < 1.29 is 13.9 Å². The molecular formula is C22H30FIN4O2. The van der Waals surface area contributed by atoms with Gasteiger partial charge >= 0.3 is 0 Å². The second-order valence-corrected chi connectivity index (χ2v) is 6.51. The molecule has 0 spiro atoms. The van der Waals surface area contributed by atoms with Crippen molar-refractivity contribution in [2.75, 3.05) is 19.6 Å². The number of carbonyl (C=O) groups is 1. The van der Waals surface area contributed by atoms with E-state index in [0.29, 0.717) is 36.9 Å². The Morgan fingerprint density at radius 3 is 2.23 bits per heavy atom. The molecule has 8 heteroatoms. The minimum atomic E-state index is -0.288. The molecule has 0 bridgehead atoms. The number of amides is 1. The molecule has 0 saturated heterocycles. The highest BCUT2D eigenvalue weighted by atomic mass is 127. The summed E-state index contributed by atoms with van der Waals surface area (Å²) in [6.07, 6.45) is -0.124. The second-order valence-electron chi connectivity index (χ2n) is 6.51. The van der Waals surface area contributed by atoms with E-state index >= 15 is 0 Å². The molecule has 0 aliphatic heterocycles. The zero-order valence-electron chi connectivity index (χ0n) is 17.6. The monoisotopic (exact) mass is 528 g/mol. The van der Waals surface area contributed by atoms with E-state index in [1.54, 1.807) is 24.3 Å². The van der Waals surface area contributed by atoms with Crippen molar-refractivity contribution in [2.45, 2.75) is 33.4 Å². The fourth-order valence-electron chi connectivity index (χ4n) is 2.56. The molecule has 2 rings (SSSR count). The first-order chi connectivity index (χ1) is 14.0. The largest absolute Gasteiger partial charge is 0.489 e. The summed E-state index contributed by atoms with van der Waals surface area (Å²) >= 11 is 0. The van der Waals surface area contributed by atoms with Crippen molar-refractivity contribution in [3.63, 3.8) is 0 Å². The summed E-state index contributed by atoms with van der Waals surface area (Å²) in [5, 5.41) is 9.22. The molecule has 2 aromatic carbocycles. The zero-order valence-corrected chi connectivity index (χ0v) is 19.9. The third-order valence-electron chi connectivity index (χ3n) is 4.03. The van der Waals surface area contributed by atoms with Crippen molar-refractivity contribution in [3.8, 4) is 5.75 Å². The number of guanidine groups is 1. The van der Waals surface area contributed by atoms with Gasteiger partial charge in [-0.05, 0) is 62.7 Å². The van der Waals surface area contributed by atoms with Crippen LogP contribution in [0.4, 0.5) is 4.39 Å².